The van der Waals surface area contributed by atoms with Crippen molar-refractivity contribution in [3.63, 3.8) is 0 Å². The fraction of sp³-hybridized carbons (Fsp3) is 0.786. The Morgan fingerprint density at radius 2 is 0.879 bits per heavy atom. The Hall–Kier alpha value is -0.255. The zero-order valence-electron chi connectivity index (χ0n) is 23.9. The first-order valence-corrected chi connectivity index (χ1v) is 16.0. The SMILES string of the molecule is CC(C)(C)P(CCCN1[B]N(CCCP(C(C)(C)C)C(C)(C)C)c2ccccc21)C(C)(C)C. The van der Waals surface area contributed by atoms with Gasteiger partial charge in [0.05, 0.1) is 0 Å². The third-order valence-corrected chi connectivity index (χ3v) is 14.6. The summed E-state index contributed by atoms with van der Waals surface area (Å²) in [7, 11) is 2.34. The van der Waals surface area contributed by atoms with Crippen LogP contribution >= 0.6 is 15.8 Å². The van der Waals surface area contributed by atoms with Crippen LogP contribution in [0.3, 0.4) is 0 Å². The van der Waals surface area contributed by atoms with Crippen LogP contribution < -0.4 is 9.62 Å². The van der Waals surface area contributed by atoms with Crippen molar-refractivity contribution in [2.24, 2.45) is 0 Å². The third kappa shape index (κ3) is 8.14. The molecule has 33 heavy (non-hydrogen) atoms. The maximum atomic E-state index is 2.52. The van der Waals surface area contributed by atoms with Gasteiger partial charge in [0.1, 0.15) is 0 Å². The number of para-hydroxylation sites is 2. The van der Waals surface area contributed by atoms with Gasteiger partial charge in [0, 0.05) is 24.5 Å². The van der Waals surface area contributed by atoms with Crippen LogP contribution in [0.5, 0.6) is 0 Å². The molecule has 0 unspecified atom stereocenters. The molecule has 1 aromatic rings. The summed E-state index contributed by atoms with van der Waals surface area (Å²) in [6.07, 6.45) is 5.21. The van der Waals surface area contributed by atoms with E-state index in [1.165, 1.54) is 36.5 Å². The van der Waals surface area contributed by atoms with E-state index in [0.29, 0.717) is 20.6 Å². The van der Waals surface area contributed by atoms with Crippen molar-refractivity contribution >= 4 is 34.8 Å². The van der Waals surface area contributed by atoms with Gasteiger partial charge in [0.25, 0.3) is 0 Å². The smallest absolute Gasteiger partial charge is 0.391 e. The highest BCUT2D eigenvalue weighted by molar-refractivity contribution is 7.61. The van der Waals surface area contributed by atoms with Gasteiger partial charge in [-0.15, -0.1) is 0 Å². The van der Waals surface area contributed by atoms with Crippen LogP contribution in [-0.4, -0.2) is 53.6 Å². The molecule has 0 fully saturated rings. The standard InChI is InChI=1S/C28H52BN2P2/c1-25(2,3)32(26(4,5)6)21-15-19-30-23-17-13-14-18-24(23)31(29-30)20-16-22-33(27(7,8)9)28(10,11)12/h13-14,17-18H,15-16,19-22H2,1-12H3. The summed E-state index contributed by atoms with van der Waals surface area (Å²) in [6, 6.07) is 9.00. The van der Waals surface area contributed by atoms with Crippen molar-refractivity contribution in [3.05, 3.63) is 24.3 Å². The number of hydrogen-bond acceptors (Lipinski definition) is 2. The molecule has 5 heteroatoms. The van der Waals surface area contributed by atoms with Gasteiger partial charge >= 0.3 is 7.55 Å². The first-order chi connectivity index (χ1) is 14.9. The summed E-state index contributed by atoms with van der Waals surface area (Å²) in [4.78, 5) is 5.04. The molecule has 0 amide bonds. The molecule has 2 rings (SSSR count). The Kier molecular flexibility index (Phi) is 9.47. The van der Waals surface area contributed by atoms with E-state index in [0.717, 1.165) is 13.1 Å². The van der Waals surface area contributed by atoms with E-state index < -0.39 is 0 Å². The molecule has 187 valence electrons. The maximum Gasteiger partial charge on any atom is 0.391 e. The Morgan fingerprint density at radius 3 is 1.15 bits per heavy atom. The number of hydrogen-bond donors (Lipinski definition) is 0. The van der Waals surface area contributed by atoms with Crippen molar-refractivity contribution < 1.29 is 0 Å². The quantitative estimate of drug-likeness (QED) is 0.266. The lowest BCUT2D eigenvalue weighted by molar-refractivity contribution is 0.698. The van der Waals surface area contributed by atoms with E-state index in [9.17, 15) is 0 Å². The summed E-state index contributed by atoms with van der Waals surface area (Å²) >= 11 is 0. The molecule has 0 spiro atoms. The molecule has 0 aliphatic carbocycles. The molecule has 0 atom stereocenters. The van der Waals surface area contributed by atoms with Crippen molar-refractivity contribution in [1.29, 1.82) is 0 Å². The first-order valence-electron chi connectivity index (χ1n) is 13.0. The van der Waals surface area contributed by atoms with Gasteiger partial charge < -0.3 is 9.62 Å². The number of anilines is 2. The van der Waals surface area contributed by atoms with Crippen LogP contribution in [0.15, 0.2) is 24.3 Å². The van der Waals surface area contributed by atoms with Crippen molar-refractivity contribution in [2.45, 2.75) is 117 Å². The second-order valence-electron chi connectivity index (χ2n) is 13.7. The van der Waals surface area contributed by atoms with Crippen LogP contribution in [-0.2, 0) is 0 Å². The fourth-order valence-electron chi connectivity index (χ4n) is 5.75. The Balaban J connectivity index is 2.01. The van der Waals surface area contributed by atoms with Crippen molar-refractivity contribution in [1.82, 2.24) is 0 Å². The van der Waals surface area contributed by atoms with Gasteiger partial charge in [-0.05, 0) is 57.9 Å². The average Bonchev–Trinajstić information content (AvgIpc) is 2.96. The van der Waals surface area contributed by atoms with Gasteiger partial charge in [-0.1, -0.05) is 111 Å². The largest absolute Gasteiger partial charge is 0.397 e. The maximum absolute atomic E-state index is 2.52. The summed E-state index contributed by atoms with van der Waals surface area (Å²) in [5.74, 6) is 0. The van der Waals surface area contributed by atoms with Crippen LogP contribution in [0.4, 0.5) is 11.4 Å². The van der Waals surface area contributed by atoms with Gasteiger partial charge in [0.2, 0.25) is 0 Å². The average molecular weight is 489 g/mol. The predicted molar refractivity (Wildman–Crippen MR) is 159 cm³/mol. The number of fused-ring (bicyclic) bond motifs is 1. The van der Waals surface area contributed by atoms with E-state index in [-0.39, 0.29) is 15.8 Å². The van der Waals surface area contributed by atoms with E-state index in [2.05, 4.69) is 125 Å². The highest BCUT2D eigenvalue weighted by atomic mass is 31.1. The molecule has 2 nitrogen and oxygen atoms in total. The molecular formula is C28H52BN2P2. The molecule has 1 heterocycles. The minimum atomic E-state index is -0.0326. The Labute approximate surface area is 210 Å². The molecule has 1 radical (unpaired) electrons. The molecule has 0 N–H and O–H groups in total. The normalized spacial score (nSPS) is 15.5. The molecule has 0 saturated carbocycles. The summed E-state index contributed by atoms with van der Waals surface area (Å²) in [5, 5.41) is 1.63. The second-order valence-corrected chi connectivity index (χ2v) is 21.7. The minimum absolute atomic E-state index is 0.0326. The van der Waals surface area contributed by atoms with E-state index in [4.69, 9.17) is 0 Å². The third-order valence-electron chi connectivity index (χ3n) is 6.58. The van der Waals surface area contributed by atoms with Crippen molar-refractivity contribution in [3.8, 4) is 0 Å². The number of benzene rings is 1. The summed E-state index contributed by atoms with van der Waals surface area (Å²) in [5.41, 5.74) is 2.78. The number of rotatable bonds is 8. The lowest BCUT2D eigenvalue weighted by atomic mass is 10.1. The molecule has 1 aliphatic rings. The van der Waals surface area contributed by atoms with Gasteiger partial charge in [0.15, 0.2) is 0 Å². The van der Waals surface area contributed by atoms with Crippen LogP contribution in [0.1, 0.15) is 95.9 Å². The fourth-order valence-corrected chi connectivity index (χ4v) is 13.4. The first kappa shape index (κ1) is 29.0. The molecule has 0 saturated heterocycles. The predicted octanol–water partition coefficient (Wildman–Crippen LogP) is 8.79. The van der Waals surface area contributed by atoms with Crippen molar-refractivity contribution in [2.75, 3.05) is 35.0 Å². The topological polar surface area (TPSA) is 6.48 Å². The summed E-state index contributed by atoms with van der Waals surface area (Å²) < 4.78 is 0. The highest BCUT2D eigenvalue weighted by Crippen LogP contribution is 2.60. The zero-order chi connectivity index (χ0) is 25.2. The Bertz CT molecular complexity index is 662. The van der Waals surface area contributed by atoms with Crippen LogP contribution in [0.2, 0.25) is 0 Å². The highest BCUT2D eigenvalue weighted by Gasteiger charge is 2.36. The molecule has 0 aromatic heterocycles. The lowest BCUT2D eigenvalue weighted by Gasteiger charge is -2.42. The zero-order valence-corrected chi connectivity index (χ0v) is 25.7. The minimum Gasteiger partial charge on any atom is -0.397 e. The van der Waals surface area contributed by atoms with Crippen LogP contribution in [0.25, 0.3) is 0 Å². The summed E-state index contributed by atoms with van der Waals surface area (Å²) in [6.45, 7) is 31.5. The van der Waals surface area contributed by atoms with E-state index in [1.807, 2.05) is 0 Å². The Morgan fingerprint density at radius 1 is 0.576 bits per heavy atom. The lowest BCUT2D eigenvalue weighted by Crippen LogP contribution is -2.37. The van der Waals surface area contributed by atoms with E-state index in [1.54, 1.807) is 0 Å². The van der Waals surface area contributed by atoms with Gasteiger partial charge in [-0.25, -0.2) is 0 Å². The molecule has 0 bridgehead atoms. The van der Waals surface area contributed by atoms with Crippen LogP contribution in [0, 0.1) is 0 Å². The van der Waals surface area contributed by atoms with Gasteiger partial charge in [-0.2, -0.15) is 0 Å². The van der Waals surface area contributed by atoms with E-state index >= 15 is 0 Å². The van der Waals surface area contributed by atoms with Gasteiger partial charge in [-0.3, -0.25) is 0 Å². The molecule has 1 aromatic carbocycles. The number of nitrogens with zero attached hydrogens (tertiary/aromatic N) is 2. The second kappa shape index (κ2) is 10.8. The molecular weight excluding hydrogens is 437 g/mol. The monoisotopic (exact) mass is 489 g/mol. The molecule has 1 aliphatic heterocycles.